The second kappa shape index (κ2) is 10.9. The number of nitrogens with zero attached hydrogens (tertiary/aromatic N) is 6. The van der Waals surface area contributed by atoms with Crippen molar-refractivity contribution in [3.63, 3.8) is 0 Å². The molecule has 1 N–H and O–H groups in total. The number of hydrogen-bond donors (Lipinski definition) is 1. The molecule has 0 amide bonds. The van der Waals surface area contributed by atoms with E-state index in [9.17, 15) is 0 Å². The molecule has 0 bridgehead atoms. The van der Waals surface area contributed by atoms with E-state index in [0.717, 1.165) is 51.1 Å². The molecule has 7 rings (SSSR count). The molecule has 9 heteroatoms. The number of benzene rings is 4. The lowest BCUT2D eigenvalue weighted by Gasteiger charge is -2.40. The molecule has 1 aromatic heterocycles. The quantitative estimate of drug-likeness (QED) is 0.231. The predicted molar refractivity (Wildman–Crippen MR) is 177 cm³/mol. The Hall–Kier alpha value is -5.57. The number of fused-ring (bicyclic) bond motifs is 4. The molecule has 0 unspecified atom stereocenters. The summed E-state index contributed by atoms with van der Waals surface area (Å²) in [7, 11) is 7.38. The zero-order valence-corrected chi connectivity index (χ0v) is 25.3. The molecule has 2 aliphatic heterocycles. The number of amidine groups is 2. The Morgan fingerprint density at radius 3 is 2.30 bits per heavy atom. The van der Waals surface area contributed by atoms with Crippen molar-refractivity contribution in [2.24, 2.45) is 9.98 Å². The van der Waals surface area contributed by atoms with E-state index in [1.165, 1.54) is 0 Å². The number of nitrogens with one attached hydrogen (secondary N) is 1. The number of rotatable bonds is 6. The van der Waals surface area contributed by atoms with Crippen LogP contribution in [0.4, 0.5) is 28.6 Å². The van der Waals surface area contributed by atoms with Gasteiger partial charge in [-0.3, -0.25) is 0 Å². The normalized spacial score (nSPS) is 14.9. The first-order chi connectivity index (χ1) is 21.5. The van der Waals surface area contributed by atoms with Crippen molar-refractivity contribution in [3.05, 3.63) is 114 Å². The summed E-state index contributed by atoms with van der Waals surface area (Å²) >= 11 is 0. The Morgan fingerprint density at radius 1 is 0.818 bits per heavy atom. The summed E-state index contributed by atoms with van der Waals surface area (Å²) in [6.07, 6.45) is 0. The van der Waals surface area contributed by atoms with E-state index in [2.05, 4.69) is 66.5 Å². The summed E-state index contributed by atoms with van der Waals surface area (Å²) in [6.45, 7) is 2.06. The van der Waals surface area contributed by atoms with Crippen LogP contribution in [0.25, 0.3) is 5.69 Å². The van der Waals surface area contributed by atoms with Crippen LogP contribution in [0.2, 0.25) is 0 Å². The molecular formula is C35H33N7O2. The summed E-state index contributed by atoms with van der Waals surface area (Å²) in [5.74, 6) is 3.40. The Morgan fingerprint density at radius 2 is 1.57 bits per heavy atom. The molecule has 0 radical (unpaired) electrons. The minimum Gasteiger partial charge on any atom is -0.497 e. The van der Waals surface area contributed by atoms with Crippen LogP contribution < -0.4 is 24.6 Å². The van der Waals surface area contributed by atoms with Gasteiger partial charge in [-0.2, -0.15) is 5.10 Å². The fourth-order valence-electron chi connectivity index (χ4n) is 5.85. The molecule has 5 aromatic rings. The summed E-state index contributed by atoms with van der Waals surface area (Å²) in [5.41, 5.74) is 7.72. The molecule has 2 aliphatic rings. The maximum absolute atomic E-state index is 5.72. The molecule has 0 saturated carbocycles. The van der Waals surface area contributed by atoms with Crippen molar-refractivity contribution in [1.29, 1.82) is 0 Å². The standard InChI is InChI=1S/C35H33N7O2/c1-22-31-32(23-15-17-24(18-16-23)40(2)3)41-29-14-10-9-13-27(29)36-33(37-28-20-19-26(43-4)21-30(28)44-5)35(41)38-34(31)42(39-22)25-11-7-6-8-12-25/h6-21,32H,1-5H3,(H,36,37)/t32-/m0/s1. The van der Waals surface area contributed by atoms with Gasteiger partial charge in [0.15, 0.2) is 17.5 Å². The highest BCUT2D eigenvalue weighted by Gasteiger charge is 2.41. The van der Waals surface area contributed by atoms with E-state index in [4.69, 9.17) is 24.6 Å². The monoisotopic (exact) mass is 583 g/mol. The van der Waals surface area contributed by atoms with Gasteiger partial charge in [0.05, 0.1) is 48.7 Å². The topological polar surface area (TPSA) is 79.5 Å². The molecule has 4 aromatic carbocycles. The molecule has 0 fully saturated rings. The van der Waals surface area contributed by atoms with E-state index in [0.29, 0.717) is 23.2 Å². The van der Waals surface area contributed by atoms with Crippen LogP contribution in [0.15, 0.2) is 107 Å². The lowest BCUT2D eigenvalue weighted by atomic mass is 9.93. The lowest BCUT2D eigenvalue weighted by molar-refractivity contribution is 0.395. The van der Waals surface area contributed by atoms with Crippen molar-refractivity contribution in [2.45, 2.75) is 13.0 Å². The van der Waals surface area contributed by atoms with Crippen LogP contribution in [0.1, 0.15) is 22.9 Å². The van der Waals surface area contributed by atoms with Gasteiger partial charge >= 0.3 is 0 Å². The fraction of sp³-hybridized carbons (Fsp3) is 0.171. The minimum absolute atomic E-state index is 0.211. The number of aryl methyl sites for hydroxylation is 1. The first-order valence-corrected chi connectivity index (χ1v) is 14.4. The highest BCUT2D eigenvalue weighted by Crippen LogP contribution is 2.48. The fourth-order valence-corrected chi connectivity index (χ4v) is 5.85. The Balaban J connectivity index is 1.47. The number of aromatic nitrogens is 2. The Kier molecular flexibility index (Phi) is 6.77. The van der Waals surface area contributed by atoms with Crippen molar-refractivity contribution in [2.75, 3.05) is 43.4 Å². The molecule has 1 atom stereocenters. The van der Waals surface area contributed by atoms with E-state index in [1.54, 1.807) is 14.2 Å². The zero-order chi connectivity index (χ0) is 30.4. The van der Waals surface area contributed by atoms with Crippen LogP contribution >= 0.6 is 0 Å². The average molecular weight is 584 g/mol. The molecular weight excluding hydrogens is 550 g/mol. The molecule has 3 heterocycles. The third kappa shape index (κ3) is 4.53. The highest BCUT2D eigenvalue weighted by atomic mass is 16.5. The van der Waals surface area contributed by atoms with Gasteiger partial charge in [-0.15, -0.1) is 0 Å². The van der Waals surface area contributed by atoms with Crippen LogP contribution in [-0.2, 0) is 0 Å². The third-order valence-electron chi connectivity index (χ3n) is 8.03. The number of aliphatic imine (C=N–C) groups is 2. The highest BCUT2D eigenvalue weighted by molar-refractivity contribution is 6.51. The van der Waals surface area contributed by atoms with Gasteiger partial charge in [0.1, 0.15) is 11.5 Å². The molecule has 0 aliphatic carbocycles. The maximum Gasteiger partial charge on any atom is 0.179 e. The summed E-state index contributed by atoms with van der Waals surface area (Å²) < 4.78 is 13.1. The Labute approximate surface area is 256 Å². The molecule has 44 heavy (non-hydrogen) atoms. The molecule has 220 valence electrons. The molecule has 0 spiro atoms. The number of methoxy groups -OCH3 is 2. The number of ether oxygens (including phenoxy) is 2. The zero-order valence-electron chi connectivity index (χ0n) is 25.3. The number of anilines is 3. The third-order valence-corrected chi connectivity index (χ3v) is 8.03. The average Bonchev–Trinajstić information content (AvgIpc) is 3.40. The number of para-hydroxylation sites is 3. The SMILES string of the molecule is COc1ccc(NC2=Nc3ccccc3N3C2=Nc2c(c(C)nn2-c2ccccc2)[C@@H]3c2ccc(N(C)C)cc2)c(OC)c1. The Bertz CT molecular complexity index is 1910. The largest absolute Gasteiger partial charge is 0.497 e. The van der Waals surface area contributed by atoms with Gasteiger partial charge in [-0.25, -0.2) is 14.7 Å². The lowest BCUT2D eigenvalue weighted by Crippen LogP contribution is -2.46. The van der Waals surface area contributed by atoms with Gasteiger partial charge in [0, 0.05) is 31.4 Å². The van der Waals surface area contributed by atoms with Gasteiger partial charge < -0.3 is 24.6 Å². The van der Waals surface area contributed by atoms with Crippen molar-refractivity contribution < 1.29 is 9.47 Å². The minimum atomic E-state index is -0.211. The number of hydrogen-bond acceptors (Lipinski definition) is 8. The van der Waals surface area contributed by atoms with E-state index in [1.807, 2.05) is 71.4 Å². The first kappa shape index (κ1) is 27.3. The van der Waals surface area contributed by atoms with Gasteiger partial charge in [-0.05, 0) is 61.0 Å². The van der Waals surface area contributed by atoms with Gasteiger partial charge in [0.25, 0.3) is 0 Å². The van der Waals surface area contributed by atoms with Crippen molar-refractivity contribution in [1.82, 2.24) is 9.78 Å². The van der Waals surface area contributed by atoms with Gasteiger partial charge in [-0.1, -0.05) is 42.5 Å². The van der Waals surface area contributed by atoms with Crippen molar-refractivity contribution >= 4 is 40.2 Å². The summed E-state index contributed by atoms with van der Waals surface area (Å²) in [6, 6.07) is 32.5. The summed E-state index contributed by atoms with van der Waals surface area (Å²) in [5, 5.41) is 8.58. The van der Waals surface area contributed by atoms with Crippen LogP contribution in [0.5, 0.6) is 11.5 Å². The molecule has 9 nitrogen and oxygen atoms in total. The smallest absolute Gasteiger partial charge is 0.179 e. The second-order valence-electron chi connectivity index (χ2n) is 10.9. The predicted octanol–water partition coefficient (Wildman–Crippen LogP) is 7.06. The van der Waals surface area contributed by atoms with E-state index < -0.39 is 0 Å². The first-order valence-electron chi connectivity index (χ1n) is 14.4. The van der Waals surface area contributed by atoms with Crippen molar-refractivity contribution in [3.8, 4) is 17.2 Å². The maximum atomic E-state index is 5.72. The van der Waals surface area contributed by atoms with Crippen LogP contribution in [0, 0.1) is 6.92 Å². The summed E-state index contributed by atoms with van der Waals surface area (Å²) in [4.78, 5) is 14.8. The van der Waals surface area contributed by atoms with Gasteiger partial charge in [0.2, 0.25) is 0 Å². The van der Waals surface area contributed by atoms with Crippen LogP contribution in [-0.4, -0.2) is 49.8 Å². The van der Waals surface area contributed by atoms with Crippen LogP contribution in [0.3, 0.4) is 0 Å². The van der Waals surface area contributed by atoms with E-state index >= 15 is 0 Å². The van der Waals surface area contributed by atoms with E-state index in [-0.39, 0.29) is 6.04 Å². The second-order valence-corrected chi connectivity index (χ2v) is 10.9. The molecule has 0 saturated heterocycles.